The number of benzene rings is 1. The van der Waals surface area contributed by atoms with Crippen molar-refractivity contribution < 1.29 is 9.59 Å². The minimum Gasteiger partial charge on any atom is -0.350 e. The molecule has 4 nitrogen and oxygen atoms in total. The van der Waals surface area contributed by atoms with Crippen LogP contribution in [-0.2, 0) is 16.0 Å². The van der Waals surface area contributed by atoms with Gasteiger partial charge in [-0.05, 0) is 40.8 Å². The zero-order valence-electron chi connectivity index (χ0n) is 14.1. The normalized spacial score (nSPS) is 22.2. The average Bonchev–Trinajstić information content (AvgIpc) is 3.24. The first-order valence-electron chi connectivity index (χ1n) is 8.81. The molecule has 1 N–H and O–H groups in total. The number of thiophene rings is 1. The van der Waals surface area contributed by atoms with E-state index >= 15 is 0 Å². The van der Waals surface area contributed by atoms with Gasteiger partial charge in [-0.25, -0.2) is 0 Å². The monoisotopic (exact) mass is 354 g/mol. The van der Waals surface area contributed by atoms with Gasteiger partial charge in [-0.1, -0.05) is 30.3 Å². The van der Waals surface area contributed by atoms with Crippen molar-refractivity contribution in [1.29, 1.82) is 0 Å². The number of carbonyl (C=O) groups is 2. The average molecular weight is 354 g/mol. The summed E-state index contributed by atoms with van der Waals surface area (Å²) in [7, 11) is 0. The molecule has 1 spiro atoms. The quantitative estimate of drug-likeness (QED) is 0.921. The van der Waals surface area contributed by atoms with E-state index in [1.807, 2.05) is 39.9 Å². The second-order valence-corrected chi connectivity index (χ2v) is 7.84. The van der Waals surface area contributed by atoms with E-state index in [9.17, 15) is 9.59 Å². The highest BCUT2D eigenvalue weighted by Crippen LogP contribution is 2.43. The number of carbonyl (C=O) groups excluding carboxylic acids is 2. The first-order valence-corrected chi connectivity index (χ1v) is 9.75. The highest BCUT2D eigenvalue weighted by molar-refractivity contribution is 7.08. The lowest BCUT2D eigenvalue weighted by molar-refractivity contribution is -0.132. The molecule has 2 saturated heterocycles. The van der Waals surface area contributed by atoms with Crippen LogP contribution < -0.4 is 5.32 Å². The predicted molar refractivity (Wildman–Crippen MR) is 98.5 cm³/mol. The van der Waals surface area contributed by atoms with Crippen LogP contribution in [0.3, 0.4) is 0 Å². The van der Waals surface area contributed by atoms with Gasteiger partial charge in [0.25, 0.3) is 0 Å². The molecule has 0 bridgehead atoms. The van der Waals surface area contributed by atoms with Gasteiger partial charge in [0.2, 0.25) is 11.8 Å². The minimum atomic E-state index is -0.197. The van der Waals surface area contributed by atoms with E-state index in [-0.39, 0.29) is 23.3 Å². The van der Waals surface area contributed by atoms with E-state index in [1.165, 1.54) is 5.56 Å². The van der Waals surface area contributed by atoms with Crippen molar-refractivity contribution in [2.45, 2.75) is 37.1 Å². The van der Waals surface area contributed by atoms with Crippen molar-refractivity contribution in [2.75, 3.05) is 13.1 Å². The Balaban J connectivity index is 1.46. The van der Waals surface area contributed by atoms with Crippen molar-refractivity contribution >= 4 is 23.2 Å². The van der Waals surface area contributed by atoms with Crippen LogP contribution in [0.25, 0.3) is 0 Å². The smallest absolute Gasteiger partial charge is 0.227 e. The molecule has 2 fully saturated rings. The molecule has 5 heteroatoms. The minimum absolute atomic E-state index is 0.131. The van der Waals surface area contributed by atoms with Crippen molar-refractivity contribution in [3.8, 4) is 0 Å². The third-order valence-electron chi connectivity index (χ3n) is 5.59. The van der Waals surface area contributed by atoms with Gasteiger partial charge in [0.1, 0.15) is 0 Å². The fourth-order valence-electron chi connectivity index (χ4n) is 4.23. The maximum atomic E-state index is 12.5. The summed E-state index contributed by atoms with van der Waals surface area (Å²) in [5.41, 5.74) is 2.11. The molecule has 2 aliphatic rings. The van der Waals surface area contributed by atoms with Crippen LogP contribution in [0.2, 0.25) is 0 Å². The lowest BCUT2D eigenvalue weighted by Gasteiger charge is -2.43. The Bertz CT molecular complexity index is 749. The molecule has 1 aromatic heterocycles. The van der Waals surface area contributed by atoms with E-state index in [0.717, 1.165) is 18.4 Å². The summed E-state index contributed by atoms with van der Waals surface area (Å²) in [5.74, 6) is 0.524. The standard InChI is InChI=1S/C20H22N2O2S/c23-18-13-17(16-4-2-1-3-5-16)20(21-18)7-9-22(10-8-20)19(24)12-15-6-11-25-14-15/h1-6,11,14,17H,7-10,12-13H2,(H,21,23). The molecule has 1 atom stereocenters. The number of nitrogens with one attached hydrogen (secondary N) is 1. The summed E-state index contributed by atoms with van der Waals surface area (Å²) in [6.07, 6.45) is 2.68. The largest absolute Gasteiger partial charge is 0.350 e. The highest BCUT2D eigenvalue weighted by Gasteiger charge is 2.48. The molecule has 1 aromatic carbocycles. The van der Waals surface area contributed by atoms with E-state index in [4.69, 9.17) is 0 Å². The zero-order valence-corrected chi connectivity index (χ0v) is 14.9. The Morgan fingerprint density at radius 1 is 1.20 bits per heavy atom. The molecule has 3 heterocycles. The first kappa shape index (κ1) is 16.3. The van der Waals surface area contributed by atoms with Crippen LogP contribution in [0.15, 0.2) is 47.2 Å². The van der Waals surface area contributed by atoms with Crippen LogP contribution in [0.1, 0.15) is 36.3 Å². The lowest BCUT2D eigenvalue weighted by Crippen LogP contribution is -2.54. The number of piperidine rings is 1. The third-order valence-corrected chi connectivity index (χ3v) is 6.32. The van der Waals surface area contributed by atoms with Crippen LogP contribution >= 0.6 is 11.3 Å². The number of likely N-dealkylation sites (tertiary alicyclic amines) is 1. The van der Waals surface area contributed by atoms with Crippen molar-refractivity contribution in [1.82, 2.24) is 10.2 Å². The predicted octanol–water partition coefficient (Wildman–Crippen LogP) is 2.96. The lowest BCUT2D eigenvalue weighted by atomic mass is 9.74. The van der Waals surface area contributed by atoms with Gasteiger partial charge in [0.05, 0.1) is 12.0 Å². The van der Waals surface area contributed by atoms with Gasteiger partial charge in [-0.2, -0.15) is 11.3 Å². The summed E-state index contributed by atoms with van der Waals surface area (Å²) in [6.45, 7) is 1.43. The van der Waals surface area contributed by atoms with E-state index in [1.54, 1.807) is 11.3 Å². The number of hydrogen-bond donors (Lipinski definition) is 1. The van der Waals surface area contributed by atoms with E-state index in [2.05, 4.69) is 17.4 Å². The summed E-state index contributed by atoms with van der Waals surface area (Å²) in [4.78, 5) is 26.6. The fraction of sp³-hybridized carbons (Fsp3) is 0.400. The van der Waals surface area contributed by atoms with Crippen molar-refractivity contribution in [3.63, 3.8) is 0 Å². The Morgan fingerprint density at radius 3 is 2.64 bits per heavy atom. The van der Waals surface area contributed by atoms with E-state index in [0.29, 0.717) is 25.9 Å². The zero-order chi connectivity index (χ0) is 17.3. The second-order valence-electron chi connectivity index (χ2n) is 7.06. The van der Waals surface area contributed by atoms with Crippen LogP contribution in [0.4, 0.5) is 0 Å². The molecule has 0 saturated carbocycles. The molecule has 4 rings (SSSR count). The molecule has 0 aliphatic carbocycles. The molecule has 2 amide bonds. The fourth-order valence-corrected chi connectivity index (χ4v) is 4.90. The number of rotatable bonds is 3. The highest BCUT2D eigenvalue weighted by atomic mass is 32.1. The van der Waals surface area contributed by atoms with Gasteiger partial charge in [0.15, 0.2) is 0 Å². The van der Waals surface area contributed by atoms with Crippen LogP contribution in [0.5, 0.6) is 0 Å². The Hall–Kier alpha value is -2.14. The topological polar surface area (TPSA) is 49.4 Å². The third kappa shape index (κ3) is 3.21. The number of amides is 2. The van der Waals surface area contributed by atoms with Gasteiger partial charge < -0.3 is 10.2 Å². The maximum Gasteiger partial charge on any atom is 0.227 e. The summed E-state index contributed by atoms with van der Waals surface area (Å²) < 4.78 is 0. The molecule has 25 heavy (non-hydrogen) atoms. The molecule has 130 valence electrons. The van der Waals surface area contributed by atoms with Crippen LogP contribution in [0, 0.1) is 0 Å². The molecule has 0 radical (unpaired) electrons. The maximum absolute atomic E-state index is 12.5. The van der Waals surface area contributed by atoms with Gasteiger partial charge >= 0.3 is 0 Å². The molecule has 1 unspecified atom stereocenters. The number of hydrogen-bond acceptors (Lipinski definition) is 3. The van der Waals surface area contributed by atoms with Gasteiger partial charge in [0, 0.05) is 25.4 Å². The Labute approximate surface area is 151 Å². The van der Waals surface area contributed by atoms with Crippen molar-refractivity contribution in [3.05, 3.63) is 58.3 Å². The van der Waals surface area contributed by atoms with Crippen molar-refractivity contribution in [2.24, 2.45) is 0 Å². The van der Waals surface area contributed by atoms with Crippen LogP contribution in [-0.4, -0.2) is 35.3 Å². The SMILES string of the molecule is O=C1CC(c2ccccc2)C2(CCN(C(=O)Cc3ccsc3)CC2)N1. The molecule has 2 aliphatic heterocycles. The molecule has 2 aromatic rings. The van der Waals surface area contributed by atoms with E-state index < -0.39 is 0 Å². The summed E-state index contributed by atoms with van der Waals surface area (Å²) in [5, 5.41) is 7.29. The molecular weight excluding hydrogens is 332 g/mol. The van der Waals surface area contributed by atoms with Gasteiger partial charge in [-0.3, -0.25) is 9.59 Å². The molecular formula is C20H22N2O2S. The Morgan fingerprint density at radius 2 is 1.96 bits per heavy atom. The number of nitrogens with zero attached hydrogens (tertiary/aromatic N) is 1. The second kappa shape index (κ2) is 6.64. The first-order chi connectivity index (χ1) is 12.2. The summed E-state index contributed by atoms with van der Waals surface area (Å²) >= 11 is 1.62. The summed E-state index contributed by atoms with van der Waals surface area (Å²) in [6, 6.07) is 12.3. The van der Waals surface area contributed by atoms with Gasteiger partial charge in [-0.15, -0.1) is 0 Å². The Kier molecular flexibility index (Phi) is 4.34.